The number of rotatable bonds is 2. The van der Waals surface area contributed by atoms with Gasteiger partial charge in [0.15, 0.2) is 0 Å². The van der Waals surface area contributed by atoms with Crippen LogP contribution in [-0.2, 0) is 4.79 Å². The number of carbonyl (C=O) groups excluding carboxylic acids is 1. The highest BCUT2D eigenvalue weighted by atomic mass is 35.5. The van der Waals surface area contributed by atoms with Crippen molar-refractivity contribution in [2.45, 2.75) is 6.04 Å². The highest BCUT2D eigenvalue weighted by Gasteiger charge is 2.24. The van der Waals surface area contributed by atoms with Gasteiger partial charge in [0, 0.05) is 37.4 Å². The van der Waals surface area contributed by atoms with Crippen molar-refractivity contribution in [3.05, 3.63) is 29.3 Å². The molecule has 0 saturated carbocycles. The number of nitrogens with zero attached hydrogens (tertiary/aromatic N) is 1. The standard InChI is InChI=1S/C12H16ClN3O/c1-16(10-4-2-3-9(13)7-10)12(17)11-8-14-5-6-15-11/h2-4,7,11,14-15H,5-6,8H2,1H3. The molecule has 1 atom stereocenters. The molecule has 2 rings (SSSR count). The molecule has 1 saturated heterocycles. The molecule has 0 radical (unpaired) electrons. The van der Waals surface area contributed by atoms with Crippen LogP contribution in [-0.4, -0.2) is 38.6 Å². The molecule has 4 nitrogen and oxygen atoms in total. The van der Waals surface area contributed by atoms with Crippen molar-refractivity contribution in [1.82, 2.24) is 10.6 Å². The predicted octanol–water partition coefficient (Wildman–Crippen LogP) is 0.864. The van der Waals surface area contributed by atoms with Crippen LogP contribution >= 0.6 is 11.6 Å². The van der Waals surface area contributed by atoms with E-state index in [-0.39, 0.29) is 11.9 Å². The number of hydrogen-bond donors (Lipinski definition) is 2. The van der Waals surface area contributed by atoms with Gasteiger partial charge in [0.25, 0.3) is 0 Å². The molecule has 1 unspecified atom stereocenters. The lowest BCUT2D eigenvalue weighted by atomic mass is 10.2. The molecule has 0 spiro atoms. The summed E-state index contributed by atoms with van der Waals surface area (Å²) in [5, 5.41) is 7.03. The summed E-state index contributed by atoms with van der Waals surface area (Å²) in [6.07, 6.45) is 0. The smallest absolute Gasteiger partial charge is 0.245 e. The number of piperazine rings is 1. The van der Waals surface area contributed by atoms with Crippen molar-refractivity contribution in [3.63, 3.8) is 0 Å². The van der Waals surface area contributed by atoms with Crippen LogP contribution in [0.2, 0.25) is 5.02 Å². The Hall–Kier alpha value is -1.10. The number of carbonyl (C=O) groups is 1. The average molecular weight is 254 g/mol. The lowest BCUT2D eigenvalue weighted by Gasteiger charge is -2.28. The SMILES string of the molecule is CN(C(=O)C1CNCCN1)c1cccc(Cl)c1. The van der Waals surface area contributed by atoms with E-state index in [4.69, 9.17) is 11.6 Å². The number of amides is 1. The molecule has 1 amide bonds. The molecule has 2 N–H and O–H groups in total. The van der Waals surface area contributed by atoms with Gasteiger partial charge < -0.3 is 15.5 Å². The fourth-order valence-corrected chi connectivity index (χ4v) is 2.06. The van der Waals surface area contributed by atoms with Gasteiger partial charge >= 0.3 is 0 Å². The van der Waals surface area contributed by atoms with Gasteiger partial charge in [-0.3, -0.25) is 4.79 Å². The highest BCUT2D eigenvalue weighted by molar-refractivity contribution is 6.30. The van der Waals surface area contributed by atoms with E-state index in [1.54, 1.807) is 24.1 Å². The Labute approximate surface area is 106 Å². The second-order valence-electron chi connectivity index (χ2n) is 4.09. The number of anilines is 1. The van der Waals surface area contributed by atoms with Crippen LogP contribution in [0.5, 0.6) is 0 Å². The summed E-state index contributed by atoms with van der Waals surface area (Å²) in [6, 6.07) is 7.14. The first kappa shape index (κ1) is 12.4. The Balaban J connectivity index is 2.08. The van der Waals surface area contributed by atoms with Gasteiger partial charge in [-0.2, -0.15) is 0 Å². The molecule has 17 heavy (non-hydrogen) atoms. The first-order valence-electron chi connectivity index (χ1n) is 5.66. The third kappa shape index (κ3) is 2.97. The average Bonchev–Trinajstić information content (AvgIpc) is 2.38. The Kier molecular flexibility index (Phi) is 3.99. The van der Waals surface area contributed by atoms with Crippen molar-refractivity contribution < 1.29 is 4.79 Å². The van der Waals surface area contributed by atoms with E-state index in [9.17, 15) is 4.79 Å². The van der Waals surface area contributed by atoms with Crippen LogP contribution < -0.4 is 15.5 Å². The monoisotopic (exact) mass is 253 g/mol. The molecule has 0 aliphatic carbocycles. The van der Waals surface area contributed by atoms with Crippen molar-refractivity contribution in [2.24, 2.45) is 0 Å². The zero-order valence-corrected chi connectivity index (χ0v) is 10.5. The van der Waals surface area contributed by atoms with Gasteiger partial charge in [-0.1, -0.05) is 17.7 Å². The van der Waals surface area contributed by atoms with E-state index in [1.165, 1.54) is 0 Å². The fourth-order valence-electron chi connectivity index (χ4n) is 1.87. The van der Waals surface area contributed by atoms with Crippen LogP contribution in [0.15, 0.2) is 24.3 Å². The fraction of sp³-hybridized carbons (Fsp3) is 0.417. The predicted molar refractivity (Wildman–Crippen MR) is 69.5 cm³/mol. The van der Waals surface area contributed by atoms with Crippen molar-refractivity contribution in [1.29, 1.82) is 0 Å². The van der Waals surface area contributed by atoms with E-state index < -0.39 is 0 Å². The second-order valence-corrected chi connectivity index (χ2v) is 4.52. The first-order valence-corrected chi connectivity index (χ1v) is 6.03. The Bertz CT molecular complexity index is 404. The van der Waals surface area contributed by atoms with Gasteiger partial charge in [0.05, 0.1) is 6.04 Å². The van der Waals surface area contributed by atoms with Crippen LogP contribution in [0.25, 0.3) is 0 Å². The lowest BCUT2D eigenvalue weighted by Crippen LogP contribution is -2.56. The van der Waals surface area contributed by atoms with E-state index in [0.717, 1.165) is 18.8 Å². The second kappa shape index (κ2) is 5.49. The molecule has 5 heteroatoms. The molecule has 0 bridgehead atoms. The molecule has 1 fully saturated rings. The number of benzene rings is 1. The summed E-state index contributed by atoms with van der Waals surface area (Å²) < 4.78 is 0. The number of nitrogens with one attached hydrogen (secondary N) is 2. The van der Waals surface area contributed by atoms with Gasteiger partial charge in [0.1, 0.15) is 0 Å². The summed E-state index contributed by atoms with van der Waals surface area (Å²) in [4.78, 5) is 13.8. The minimum absolute atomic E-state index is 0.0551. The van der Waals surface area contributed by atoms with Crippen molar-refractivity contribution in [3.8, 4) is 0 Å². The maximum Gasteiger partial charge on any atom is 0.245 e. The Morgan fingerprint density at radius 3 is 2.94 bits per heavy atom. The Morgan fingerprint density at radius 1 is 1.47 bits per heavy atom. The van der Waals surface area contributed by atoms with E-state index >= 15 is 0 Å². The summed E-state index contributed by atoms with van der Waals surface area (Å²) in [7, 11) is 1.77. The van der Waals surface area contributed by atoms with E-state index in [2.05, 4.69) is 10.6 Å². The number of hydrogen-bond acceptors (Lipinski definition) is 3. The van der Waals surface area contributed by atoms with Gasteiger partial charge in [-0.05, 0) is 18.2 Å². The van der Waals surface area contributed by atoms with Gasteiger partial charge in [-0.25, -0.2) is 0 Å². The molecule has 1 heterocycles. The molecule has 1 aromatic rings. The van der Waals surface area contributed by atoms with Gasteiger partial charge in [-0.15, -0.1) is 0 Å². The number of likely N-dealkylation sites (N-methyl/N-ethyl adjacent to an activating group) is 1. The summed E-state index contributed by atoms with van der Waals surface area (Å²) >= 11 is 5.91. The normalized spacial score (nSPS) is 20.0. The van der Waals surface area contributed by atoms with Crippen molar-refractivity contribution in [2.75, 3.05) is 31.6 Å². The first-order chi connectivity index (χ1) is 8.18. The molecule has 0 aromatic heterocycles. The maximum atomic E-state index is 12.2. The zero-order valence-electron chi connectivity index (χ0n) is 9.74. The van der Waals surface area contributed by atoms with Crippen molar-refractivity contribution >= 4 is 23.2 Å². The van der Waals surface area contributed by atoms with Gasteiger partial charge in [0.2, 0.25) is 5.91 Å². The van der Waals surface area contributed by atoms with Crippen LogP contribution in [0.4, 0.5) is 5.69 Å². The largest absolute Gasteiger partial charge is 0.314 e. The summed E-state index contributed by atoms with van der Waals surface area (Å²) in [5.74, 6) is 0.0551. The minimum atomic E-state index is -0.160. The maximum absolute atomic E-state index is 12.2. The Morgan fingerprint density at radius 2 is 2.29 bits per heavy atom. The quantitative estimate of drug-likeness (QED) is 0.822. The summed E-state index contributed by atoms with van der Waals surface area (Å²) in [5.41, 5.74) is 0.815. The molecule has 92 valence electrons. The van der Waals surface area contributed by atoms with Crippen LogP contribution in [0, 0.1) is 0 Å². The third-order valence-corrected chi connectivity index (χ3v) is 3.10. The molecular formula is C12H16ClN3O. The third-order valence-electron chi connectivity index (χ3n) is 2.87. The molecule has 1 aliphatic rings. The van der Waals surface area contributed by atoms with E-state index in [0.29, 0.717) is 11.6 Å². The molecule has 1 aromatic carbocycles. The van der Waals surface area contributed by atoms with Crippen LogP contribution in [0.3, 0.4) is 0 Å². The molecular weight excluding hydrogens is 238 g/mol. The lowest BCUT2D eigenvalue weighted by molar-refractivity contribution is -0.120. The minimum Gasteiger partial charge on any atom is -0.314 e. The topological polar surface area (TPSA) is 44.4 Å². The number of halogens is 1. The zero-order chi connectivity index (χ0) is 12.3. The molecule has 1 aliphatic heterocycles. The summed E-state index contributed by atoms with van der Waals surface area (Å²) in [6.45, 7) is 2.40. The van der Waals surface area contributed by atoms with Crippen LogP contribution in [0.1, 0.15) is 0 Å². The van der Waals surface area contributed by atoms with E-state index in [1.807, 2.05) is 12.1 Å². The highest BCUT2D eigenvalue weighted by Crippen LogP contribution is 2.18.